The molecule has 1 aliphatic rings. The van der Waals surface area contributed by atoms with E-state index < -0.39 is 0 Å². The van der Waals surface area contributed by atoms with Gasteiger partial charge in [0.25, 0.3) is 0 Å². The van der Waals surface area contributed by atoms with Crippen LogP contribution in [0.15, 0.2) is 24.4 Å². The lowest BCUT2D eigenvalue weighted by molar-refractivity contribution is -0.132. The largest absolute Gasteiger partial charge is 0.381 e. The van der Waals surface area contributed by atoms with Gasteiger partial charge in [-0.1, -0.05) is 19.4 Å². The molecule has 1 atom stereocenters. The molecule has 0 aliphatic carbocycles. The summed E-state index contributed by atoms with van der Waals surface area (Å²) in [7, 11) is 0. The zero-order chi connectivity index (χ0) is 14.9. The molecule has 0 spiro atoms. The van der Waals surface area contributed by atoms with E-state index in [9.17, 15) is 4.79 Å². The van der Waals surface area contributed by atoms with Crippen molar-refractivity contribution in [3.63, 3.8) is 0 Å². The second-order valence-corrected chi connectivity index (χ2v) is 6.32. The van der Waals surface area contributed by atoms with Crippen LogP contribution in [0.3, 0.4) is 0 Å². The van der Waals surface area contributed by atoms with Crippen molar-refractivity contribution in [3.05, 3.63) is 30.1 Å². The summed E-state index contributed by atoms with van der Waals surface area (Å²) in [5, 5.41) is 0.0584. The van der Waals surface area contributed by atoms with Crippen LogP contribution in [-0.4, -0.2) is 41.3 Å². The summed E-state index contributed by atoms with van der Waals surface area (Å²) in [4.78, 5) is 18.6. The van der Waals surface area contributed by atoms with E-state index in [1.54, 1.807) is 18.0 Å². The average Bonchev–Trinajstić information content (AvgIpc) is 2.53. The molecule has 116 valence electrons. The molecule has 1 aromatic rings. The van der Waals surface area contributed by atoms with Crippen molar-refractivity contribution in [1.82, 2.24) is 9.88 Å². The summed E-state index contributed by atoms with van der Waals surface area (Å²) >= 11 is 1.80. The van der Waals surface area contributed by atoms with Crippen molar-refractivity contribution in [3.8, 4) is 0 Å². The van der Waals surface area contributed by atoms with Gasteiger partial charge in [0.1, 0.15) is 5.37 Å². The molecule has 1 aromatic heterocycles. The minimum absolute atomic E-state index is 0.0584. The molecule has 1 unspecified atom stereocenters. The SMILES string of the molecule is CCCCOCCCN1C(=O)CCSC1c1ccccn1. The Hall–Kier alpha value is -1.07. The highest BCUT2D eigenvalue weighted by Gasteiger charge is 2.30. The van der Waals surface area contributed by atoms with E-state index in [4.69, 9.17) is 4.74 Å². The van der Waals surface area contributed by atoms with Gasteiger partial charge in [-0.3, -0.25) is 9.78 Å². The number of ether oxygens (including phenoxy) is 1. The highest BCUT2D eigenvalue weighted by atomic mass is 32.2. The maximum atomic E-state index is 12.2. The third-order valence-corrected chi connectivity index (χ3v) is 4.72. The first-order valence-electron chi connectivity index (χ1n) is 7.72. The number of carbonyl (C=O) groups excluding carboxylic acids is 1. The van der Waals surface area contributed by atoms with Crippen LogP contribution < -0.4 is 0 Å². The first kappa shape index (κ1) is 16.3. The number of rotatable bonds is 8. The van der Waals surface area contributed by atoms with Crippen molar-refractivity contribution in [1.29, 1.82) is 0 Å². The van der Waals surface area contributed by atoms with Gasteiger partial charge in [-0.15, -0.1) is 11.8 Å². The Kier molecular flexibility index (Phi) is 7.03. The van der Waals surface area contributed by atoms with Crippen LogP contribution in [-0.2, 0) is 9.53 Å². The van der Waals surface area contributed by atoms with E-state index in [-0.39, 0.29) is 11.3 Å². The summed E-state index contributed by atoms with van der Waals surface area (Å²) in [6, 6.07) is 5.89. The van der Waals surface area contributed by atoms with E-state index >= 15 is 0 Å². The van der Waals surface area contributed by atoms with Crippen molar-refractivity contribution in [2.75, 3.05) is 25.5 Å². The second kappa shape index (κ2) is 9.05. The molecular weight excluding hydrogens is 284 g/mol. The number of hydrogen-bond acceptors (Lipinski definition) is 4. The van der Waals surface area contributed by atoms with E-state index in [2.05, 4.69) is 11.9 Å². The first-order chi connectivity index (χ1) is 10.3. The van der Waals surface area contributed by atoms with Crippen LogP contribution in [0.2, 0.25) is 0 Å². The van der Waals surface area contributed by atoms with Crippen LogP contribution in [0.1, 0.15) is 43.7 Å². The predicted molar refractivity (Wildman–Crippen MR) is 86.1 cm³/mol. The molecule has 4 nitrogen and oxygen atoms in total. The third-order valence-electron chi connectivity index (χ3n) is 3.47. The molecular formula is C16H24N2O2S. The molecule has 1 amide bonds. The Bertz CT molecular complexity index is 428. The van der Waals surface area contributed by atoms with Gasteiger partial charge in [0.2, 0.25) is 5.91 Å². The lowest BCUT2D eigenvalue weighted by Crippen LogP contribution is -2.38. The fraction of sp³-hybridized carbons (Fsp3) is 0.625. The number of carbonyl (C=O) groups is 1. The Morgan fingerprint density at radius 3 is 3.00 bits per heavy atom. The second-order valence-electron chi connectivity index (χ2n) is 5.13. The lowest BCUT2D eigenvalue weighted by atomic mass is 10.2. The smallest absolute Gasteiger partial charge is 0.224 e. The standard InChI is InChI=1S/C16H24N2O2S/c1-2-3-11-20-12-6-10-18-15(19)8-13-21-16(18)14-7-4-5-9-17-14/h4-5,7,9,16H,2-3,6,8,10-13H2,1H3. The highest BCUT2D eigenvalue weighted by molar-refractivity contribution is 7.99. The Morgan fingerprint density at radius 2 is 2.24 bits per heavy atom. The third kappa shape index (κ3) is 5.00. The molecule has 1 aliphatic heterocycles. The van der Waals surface area contributed by atoms with E-state index in [1.807, 2.05) is 23.1 Å². The molecule has 0 aromatic carbocycles. The number of amides is 1. The Labute approximate surface area is 131 Å². The number of hydrogen-bond donors (Lipinski definition) is 0. The lowest BCUT2D eigenvalue weighted by Gasteiger charge is -2.34. The fourth-order valence-corrected chi connectivity index (χ4v) is 3.55. The van der Waals surface area contributed by atoms with E-state index in [0.717, 1.165) is 50.5 Å². The zero-order valence-electron chi connectivity index (χ0n) is 12.7. The summed E-state index contributed by atoms with van der Waals surface area (Å²) in [6.07, 6.45) is 5.57. The summed E-state index contributed by atoms with van der Waals surface area (Å²) in [5.41, 5.74) is 0.974. The molecule has 5 heteroatoms. The predicted octanol–water partition coefficient (Wildman–Crippen LogP) is 3.25. The summed E-state index contributed by atoms with van der Waals surface area (Å²) in [6.45, 7) is 4.45. The van der Waals surface area contributed by atoms with Gasteiger partial charge in [0, 0.05) is 38.1 Å². The number of thioether (sulfide) groups is 1. The molecule has 1 fully saturated rings. The van der Waals surface area contributed by atoms with Crippen molar-refractivity contribution in [2.24, 2.45) is 0 Å². The zero-order valence-corrected chi connectivity index (χ0v) is 13.5. The van der Waals surface area contributed by atoms with Crippen molar-refractivity contribution < 1.29 is 9.53 Å². The van der Waals surface area contributed by atoms with Crippen LogP contribution in [0, 0.1) is 0 Å². The number of pyridine rings is 1. The van der Waals surface area contributed by atoms with Gasteiger partial charge < -0.3 is 9.64 Å². The van der Waals surface area contributed by atoms with E-state index in [1.165, 1.54) is 0 Å². The van der Waals surface area contributed by atoms with E-state index in [0.29, 0.717) is 6.42 Å². The van der Waals surface area contributed by atoms with Crippen LogP contribution >= 0.6 is 11.8 Å². The molecule has 0 N–H and O–H groups in total. The maximum Gasteiger partial charge on any atom is 0.224 e. The minimum atomic E-state index is 0.0584. The maximum absolute atomic E-state index is 12.2. The molecule has 21 heavy (non-hydrogen) atoms. The average molecular weight is 308 g/mol. The molecule has 0 saturated carbocycles. The first-order valence-corrected chi connectivity index (χ1v) is 8.77. The molecule has 1 saturated heterocycles. The Morgan fingerprint density at radius 1 is 1.38 bits per heavy atom. The minimum Gasteiger partial charge on any atom is -0.381 e. The highest BCUT2D eigenvalue weighted by Crippen LogP contribution is 2.36. The number of unbranched alkanes of at least 4 members (excludes halogenated alkanes) is 1. The summed E-state index contributed by atoms with van der Waals surface area (Å²) < 4.78 is 5.58. The normalized spacial score (nSPS) is 19.0. The van der Waals surface area contributed by atoms with Crippen LogP contribution in [0.5, 0.6) is 0 Å². The van der Waals surface area contributed by atoms with Crippen LogP contribution in [0.4, 0.5) is 0 Å². The van der Waals surface area contributed by atoms with Gasteiger partial charge in [0.15, 0.2) is 0 Å². The van der Waals surface area contributed by atoms with Gasteiger partial charge in [0.05, 0.1) is 5.69 Å². The molecule has 0 bridgehead atoms. The monoisotopic (exact) mass is 308 g/mol. The van der Waals surface area contributed by atoms with Gasteiger partial charge in [-0.05, 0) is 25.0 Å². The topological polar surface area (TPSA) is 42.4 Å². The van der Waals surface area contributed by atoms with Crippen molar-refractivity contribution in [2.45, 2.75) is 38.0 Å². The quantitative estimate of drug-likeness (QED) is 0.691. The van der Waals surface area contributed by atoms with Crippen LogP contribution in [0.25, 0.3) is 0 Å². The number of nitrogens with zero attached hydrogens (tertiary/aromatic N) is 2. The number of aromatic nitrogens is 1. The molecule has 2 rings (SSSR count). The van der Waals surface area contributed by atoms with Gasteiger partial charge >= 0.3 is 0 Å². The van der Waals surface area contributed by atoms with Gasteiger partial charge in [-0.25, -0.2) is 0 Å². The van der Waals surface area contributed by atoms with Crippen molar-refractivity contribution >= 4 is 17.7 Å². The fourth-order valence-electron chi connectivity index (χ4n) is 2.32. The Balaban J connectivity index is 1.86. The van der Waals surface area contributed by atoms with Gasteiger partial charge in [-0.2, -0.15) is 0 Å². The molecule has 0 radical (unpaired) electrons. The molecule has 2 heterocycles. The summed E-state index contributed by atoms with van der Waals surface area (Å²) in [5.74, 6) is 1.11.